The number of carboxylic acids is 1. The van der Waals surface area contributed by atoms with Gasteiger partial charge in [-0.1, -0.05) is 5.16 Å². The molecular formula is C19H22N2O6. The number of likely N-dealkylation sites (tertiary alicyclic amines) is 1. The highest BCUT2D eigenvalue weighted by atomic mass is 16.5. The Morgan fingerprint density at radius 2 is 2.11 bits per heavy atom. The molecule has 8 nitrogen and oxygen atoms in total. The van der Waals surface area contributed by atoms with Crippen LogP contribution < -0.4 is 9.47 Å². The summed E-state index contributed by atoms with van der Waals surface area (Å²) in [5.41, 5.74) is 2.07. The van der Waals surface area contributed by atoms with Crippen LogP contribution in [0.4, 0.5) is 0 Å². The number of benzene rings is 1. The molecule has 0 radical (unpaired) electrons. The summed E-state index contributed by atoms with van der Waals surface area (Å²) >= 11 is 0. The molecule has 1 aliphatic heterocycles. The maximum absolute atomic E-state index is 12.6. The van der Waals surface area contributed by atoms with E-state index in [1.165, 1.54) is 7.11 Å². The van der Waals surface area contributed by atoms with Crippen LogP contribution in [-0.2, 0) is 11.4 Å². The monoisotopic (exact) mass is 374 g/mol. The third-order valence-corrected chi connectivity index (χ3v) is 4.79. The first-order valence-electron chi connectivity index (χ1n) is 8.65. The number of rotatable bonds is 6. The van der Waals surface area contributed by atoms with Crippen molar-refractivity contribution in [2.75, 3.05) is 20.2 Å². The highest BCUT2D eigenvalue weighted by molar-refractivity contribution is 5.95. The van der Waals surface area contributed by atoms with E-state index in [2.05, 4.69) is 5.16 Å². The Hall–Kier alpha value is -3.03. The minimum atomic E-state index is -0.869. The van der Waals surface area contributed by atoms with E-state index in [-0.39, 0.29) is 19.1 Å². The molecule has 2 heterocycles. The van der Waals surface area contributed by atoms with Crippen LogP contribution >= 0.6 is 0 Å². The summed E-state index contributed by atoms with van der Waals surface area (Å²) in [5, 5.41) is 13.0. The lowest BCUT2D eigenvalue weighted by molar-refractivity contribution is -0.141. The first kappa shape index (κ1) is 18.8. The third kappa shape index (κ3) is 3.89. The molecule has 1 atom stereocenters. The SMILES string of the molecule is COc1cc(C(=O)N2CCC(C(=O)O)C2)ccc1OCc1c(C)noc1C. The van der Waals surface area contributed by atoms with E-state index in [0.717, 1.165) is 11.3 Å². The number of aliphatic carboxylic acids is 1. The molecule has 1 aromatic carbocycles. The third-order valence-electron chi connectivity index (χ3n) is 4.79. The van der Waals surface area contributed by atoms with E-state index >= 15 is 0 Å². The number of carbonyl (C=O) groups excluding carboxylic acids is 1. The maximum Gasteiger partial charge on any atom is 0.308 e. The fraction of sp³-hybridized carbons (Fsp3) is 0.421. The maximum atomic E-state index is 12.6. The molecule has 27 heavy (non-hydrogen) atoms. The van der Waals surface area contributed by atoms with E-state index in [9.17, 15) is 9.59 Å². The van der Waals surface area contributed by atoms with Crippen molar-refractivity contribution < 1.29 is 28.7 Å². The van der Waals surface area contributed by atoms with Crippen molar-refractivity contribution in [2.45, 2.75) is 26.9 Å². The van der Waals surface area contributed by atoms with Gasteiger partial charge in [-0.05, 0) is 38.5 Å². The highest BCUT2D eigenvalue weighted by Crippen LogP contribution is 2.30. The summed E-state index contributed by atoms with van der Waals surface area (Å²) in [4.78, 5) is 25.3. The molecule has 2 aromatic rings. The Labute approximate surface area is 156 Å². The van der Waals surface area contributed by atoms with Gasteiger partial charge in [-0.3, -0.25) is 9.59 Å². The van der Waals surface area contributed by atoms with Crippen LogP contribution in [0, 0.1) is 19.8 Å². The van der Waals surface area contributed by atoms with E-state index in [0.29, 0.717) is 35.8 Å². The summed E-state index contributed by atoms with van der Waals surface area (Å²) in [6.45, 7) is 4.59. The van der Waals surface area contributed by atoms with Gasteiger partial charge in [0.15, 0.2) is 11.5 Å². The van der Waals surface area contributed by atoms with Crippen molar-refractivity contribution in [3.05, 3.63) is 40.8 Å². The molecular weight excluding hydrogens is 352 g/mol. The molecule has 1 N–H and O–H groups in total. The number of aryl methyl sites for hydroxylation is 2. The number of hydrogen-bond donors (Lipinski definition) is 1. The Kier molecular flexibility index (Phi) is 5.34. The van der Waals surface area contributed by atoms with Crippen LogP contribution in [0.5, 0.6) is 11.5 Å². The van der Waals surface area contributed by atoms with Crippen molar-refractivity contribution >= 4 is 11.9 Å². The minimum absolute atomic E-state index is 0.214. The average Bonchev–Trinajstić information content (AvgIpc) is 3.27. The number of aromatic nitrogens is 1. The zero-order valence-electron chi connectivity index (χ0n) is 15.5. The zero-order valence-corrected chi connectivity index (χ0v) is 15.5. The molecule has 144 valence electrons. The fourth-order valence-corrected chi connectivity index (χ4v) is 3.11. The number of hydrogen-bond acceptors (Lipinski definition) is 6. The minimum Gasteiger partial charge on any atom is -0.493 e. The number of nitrogens with zero attached hydrogens (tertiary/aromatic N) is 2. The second-order valence-corrected chi connectivity index (χ2v) is 6.53. The predicted octanol–water partition coefficient (Wildman–Crippen LogP) is 2.43. The van der Waals surface area contributed by atoms with Gasteiger partial charge >= 0.3 is 5.97 Å². The van der Waals surface area contributed by atoms with Crippen molar-refractivity contribution in [1.29, 1.82) is 0 Å². The molecule has 1 saturated heterocycles. The van der Waals surface area contributed by atoms with Gasteiger partial charge in [-0.25, -0.2) is 0 Å². The zero-order chi connectivity index (χ0) is 19.6. The Morgan fingerprint density at radius 1 is 1.33 bits per heavy atom. The number of amides is 1. The first-order chi connectivity index (χ1) is 12.9. The van der Waals surface area contributed by atoms with Crippen molar-refractivity contribution in [2.24, 2.45) is 5.92 Å². The van der Waals surface area contributed by atoms with E-state index in [1.54, 1.807) is 23.1 Å². The Morgan fingerprint density at radius 3 is 2.70 bits per heavy atom. The summed E-state index contributed by atoms with van der Waals surface area (Å²) in [6.07, 6.45) is 0.469. The average molecular weight is 374 g/mol. The molecule has 1 aliphatic rings. The Bertz CT molecular complexity index is 840. The van der Waals surface area contributed by atoms with Gasteiger partial charge in [-0.2, -0.15) is 0 Å². The van der Waals surface area contributed by atoms with Crippen LogP contribution in [0.2, 0.25) is 0 Å². The molecule has 3 rings (SSSR count). The molecule has 0 bridgehead atoms. The highest BCUT2D eigenvalue weighted by Gasteiger charge is 2.31. The Balaban J connectivity index is 1.72. The van der Waals surface area contributed by atoms with Gasteiger partial charge in [0.25, 0.3) is 5.91 Å². The summed E-state index contributed by atoms with van der Waals surface area (Å²) in [6, 6.07) is 4.94. The van der Waals surface area contributed by atoms with Crippen molar-refractivity contribution in [3.63, 3.8) is 0 Å². The number of carboxylic acid groups (broad SMARTS) is 1. The second kappa shape index (κ2) is 7.69. The lowest BCUT2D eigenvalue weighted by atomic mass is 10.1. The van der Waals surface area contributed by atoms with Crippen molar-refractivity contribution in [1.82, 2.24) is 10.1 Å². The molecule has 1 unspecified atom stereocenters. The van der Waals surface area contributed by atoms with Crippen LogP contribution in [0.1, 0.15) is 33.8 Å². The summed E-state index contributed by atoms with van der Waals surface area (Å²) < 4.78 is 16.3. The van der Waals surface area contributed by atoms with Crippen LogP contribution in [0.25, 0.3) is 0 Å². The van der Waals surface area contributed by atoms with E-state index in [1.807, 2.05) is 13.8 Å². The molecule has 1 aromatic heterocycles. The van der Waals surface area contributed by atoms with Gasteiger partial charge in [-0.15, -0.1) is 0 Å². The number of carbonyl (C=O) groups is 2. The summed E-state index contributed by atoms with van der Waals surface area (Å²) in [5.74, 6) is 0.0366. The smallest absolute Gasteiger partial charge is 0.308 e. The number of ether oxygens (including phenoxy) is 2. The lowest BCUT2D eigenvalue weighted by Crippen LogP contribution is -2.29. The molecule has 8 heteroatoms. The largest absolute Gasteiger partial charge is 0.493 e. The van der Waals surface area contributed by atoms with Crippen LogP contribution in [-0.4, -0.2) is 47.2 Å². The van der Waals surface area contributed by atoms with Gasteiger partial charge in [0.2, 0.25) is 0 Å². The molecule has 1 fully saturated rings. The van der Waals surface area contributed by atoms with Crippen LogP contribution in [0.3, 0.4) is 0 Å². The quantitative estimate of drug-likeness (QED) is 0.828. The molecule has 0 aliphatic carbocycles. The molecule has 1 amide bonds. The van der Waals surface area contributed by atoms with Crippen LogP contribution in [0.15, 0.2) is 22.7 Å². The lowest BCUT2D eigenvalue weighted by Gasteiger charge is -2.17. The van der Waals surface area contributed by atoms with Gasteiger partial charge in [0.1, 0.15) is 12.4 Å². The van der Waals surface area contributed by atoms with Gasteiger partial charge in [0, 0.05) is 18.7 Å². The second-order valence-electron chi connectivity index (χ2n) is 6.53. The van der Waals surface area contributed by atoms with Gasteiger partial charge < -0.3 is 24.0 Å². The molecule has 0 saturated carbocycles. The normalized spacial score (nSPS) is 16.4. The molecule has 0 spiro atoms. The standard InChI is InChI=1S/C19H22N2O6/c1-11-15(12(2)27-20-11)10-26-16-5-4-13(8-17(16)25-3)18(22)21-7-6-14(9-21)19(23)24/h4-5,8,14H,6-7,9-10H2,1-3H3,(H,23,24). The predicted molar refractivity (Wildman–Crippen MR) is 94.9 cm³/mol. The topological polar surface area (TPSA) is 102 Å². The van der Waals surface area contributed by atoms with E-state index < -0.39 is 11.9 Å². The fourth-order valence-electron chi connectivity index (χ4n) is 3.11. The van der Waals surface area contributed by atoms with E-state index in [4.69, 9.17) is 19.1 Å². The summed E-state index contributed by atoms with van der Waals surface area (Å²) in [7, 11) is 1.50. The van der Waals surface area contributed by atoms with Crippen molar-refractivity contribution in [3.8, 4) is 11.5 Å². The first-order valence-corrected chi connectivity index (χ1v) is 8.65. The van der Waals surface area contributed by atoms with Gasteiger partial charge in [0.05, 0.1) is 24.3 Å². The number of methoxy groups -OCH3 is 1.